The van der Waals surface area contributed by atoms with Gasteiger partial charge in [-0.25, -0.2) is 4.98 Å². The summed E-state index contributed by atoms with van der Waals surface area (Å²) >= 11 is 0. The maximum Gasteiger partial charge on any atom is 0.160 e. The van der Waals surface area contributed by atoms with Crippen molar-refractivity contribution in [2.45, 2.75) is 26.9 Å². The third-order valence-corrected chi connectivity index (χ3v) is 5.00. The van der Waals surface area contributed by atoms with E-state index in [9.17, 15) is 0 Å². The van der Waals surface area contributed by atoms with Crippen LogP contribution in [0.4, 0.5) is 11.5 Å². The highest BCUT2D eigenvalue weighted by Gasteiger charge is 2.12. The number of nitrogens with one attached hydrogen (secondary N) is 1. The van der Waals surface area contributed by atoms with Gasteiger partial charge in [-0.15, -0.1) is 0 Å². The first-order valence-corrected chi connectivity index (χ1v) is 9.12. The summed E-state index contributed by atoms with van der Waals surface area (Å²) in [5.41, 5.74) is 7.74. The fraction of sp³-hybridized carbons (Fsp3) is 0.190. The van der Waals surface area contributed by atoms with Crippen LogP contribution >= 0.6 is 0 Å². The number of aryl methyl sites for hydroxylation is 2. The molecule has 0 aliphatic carbocycles. The zero-order valence-corrected chi connectivity index (χ0v) is 15.3. The summed E-state index contributed by atoms with van der Waals surface area (Å²) in [5.74, 6) is 0.832. The SMILES string of the molecule is CCn1nc(Nc2cc(-c3ccc4c(c3)CN=C4)cn3ccnc23)cc1C. The molecule has 3 aromatic heterocycles. The van der Waals surface area contributed by atoms with Gasteiger partial charge < -0.3 is 9.72 Å². The van der Waals surface area contributed by atoms with E-state index in [1.165, 1.54) is 16.7 Å². The van der Waals surface area contributed by atoms with E-state index in [-0.39, 0.29) is 0 Å². The highest BCUT2D eigenvalue weighted by molar-refractivity contribution is 5.86. The quantitative estimate of drug-likeness (QED) is 0.596. The Morgan fingerprint density at radius 3 is 2.93 bits per heavy atom. The number of pyridine rings is 1. The third kappa shape index (κ3) is 2.70. The van der Waals surface area contributed by atoms with Crippen LogP contribution < -0.4 is 5.32 Å². The fourth-order valence-corrected chi connectivity index (χ4v) is 3.60. The minimum Gasteiger partial charge on any atom is -0.336 e. The molecule has 0 saturated heterocycles. The summed E-state index contributed by atoms with van der Waals surface area (Å²) in [4.78, 5) is 8.86. The highest BCUT2D eigenvalue weighted by Crippen LogP contribution is 2.30. The maximum absolute atomic E-state index is 4.62. The molecule has 0 spiro atoms. The molecule has 0 atom stereocenters. The Morgan fingerprint density at radius 1 is 1.15 bits per heavy atom. The molecule has 1 N–H and O–H groups in total. The van der Waals surface area contributed by atoms with Gasteiger partial charge in [-0.3, -0.25) is 9.67 Å². The number of hydrogen-bond acceptors (Lipinski definition) is 4. The van der Waals surface area contributed by atoms with E-state index >= 15 is 0 Å². The van der Waals surface area contributed by atoms with Crippen LogP contribution in [-0.2, 0) is 13.1 Å². The van der Waals surface area contributed by atoms with Gasteiger partial charge in [0.1, 0.15) is 0 Å². The molecular formula is C21H20N6. The number of nitrogens with zero attached hydrogens (tertiary/aromatic N) is 5. The summed E-state index contributed by atoms with van der Waals surface area (Å²) in [7, 11) is 0. The molecule has 0 amide bonds. The monoisotopic (exact) mass is 356 g/mol. The number of benzene rings is 1. The number of anilines is 2. The van der Waals surface area contributed by atoms with Gasteiger partial charge in [-0.2, -0.15) is 5.10 Å². The molecule has 1 aliphatic heterocycles. The summed E-state index contributed by atoms with van der Waals surface area (Å²) in [5, 5.41) is 8.07. The summed E-state index contributed by atoms with van der Waals surface area (Å²) in [6, 6.07) is 10.7. The molecule has 1 aliphatic rings. The Labute approximate surface area is 157 Å². The lowest BCUT2D eigenvalue weighted by Gasteiger charge is -2.10. The molecule has 0 radical (unpaired) electrons. The average molecular weight is 356 g/mol. The van der Waals surface area contributed by atoms with Crippen molar-refractivity contribution in [2.75, 3.05) is 5.32 Å². The predicted molar refractivity (Wildman–Crippen MR) is 108 cm³/mol. The molecular weight excluding hydrogens is 336 g/mol. The first-order valence-electron chi connectivity index (χ1n) is 9.12. The van der Waals surface area contributed by atoms with E-state index in [0.717, 1.165) is 41.5 Å². The molecule has 4 aromatic rings. The Kier molecular flexibility index (Phi) is 3.57. The van der Waals surface area contributed by atoms with Crippen LogP contribution in [0.1, 0.15) is 23.7 Å². The standard InChI is InChI=1S/C21H20N6/c1-3-27-14(2)8-20(25-27)24-19-10-18(13-26-7-6-23-21(19)26)15-4-5-16-11-22-12-17(16)9-15/h4-11,13H,3,12H2,1-2H3,(H,24,25). The first kappa shape index (κ1) is 15.8. The van der Waals surface area contributed by atoms with Gasteiger partial charge in [0, 0.05) is 48.7 Å². The molecule has 0 saturated carbocycles. The van der Waals surface area contributed by atoms with Crippen molar-refractivity contribution >= 4 is 23.4 Å². The number of imidazole rings is 1. The van der Waals surface area contributed by atoms with Crippen LogP contribution in [0, 0.1) is 6.92 Å². The molecule has 1 aromatic carbocycles. The lowest BCUT2D eigenvalue weighted by Crippen LogP contribution is -2.00. The van der Waals surface area contributed by atoms with E-state index in [1.807, 2.05) is 27.7 Å². The van der Waals surface area contributed by atoms with Gasteiger partial charge in [0.15, 0.2) is 11.5 Å². The van der Waals surface area contributed by atoms with Crippen molar-refractivity contribution in [3.63, 3.8) is 0 Å². The van der Waals surface area contributed by atoms with Crippen LogP contribution in [-0.4, -0.2) is 25.4 Å². The minimum absolute atomic E-state index is 0.759. The molecule has 6 heteroatoms. The third-order valence-electron chi connectivity index (χ3n) is 5.00. The van der Waals surface area contributed by atoms with Crippen LogP contribution in [0.2, 0.25) is 0 Å². The van der Waals surface area contributed by atoms with Crippen LogP contribution in [0.3, 0.4) is 0 Å². The normalized spacial score (nSPS) is 12.7. The van der Waals surface area contributed by atoms with E-state index in [1.54, 1.807) is 0 Å². The molecule has 0 unspecified atom stereocenters. The molecule has 4 heterocycles. The molecule has 0 bridgehead atoms. The topological polar surface area (TPSA) is 59.5 Å². The molecule has 5 rings (SSSR count). The fourth-order valence-electron chi connectivity index (χ4n) is 3.60. The Hall–Kier alpha value is -3.41. The molecule has 0 fully saturated rings. The van der Waals surface area contributed by atoms with Crippen LogP contribution in [0.5, 0.6) is 0 Å². The van der Waals surface area contributed by atoms with Crippen LogP contribution in [0.25, 0.3) is 16.8 Å². The smallest absolute Gasteiger partial charge is 0.160 e. The number of aromatic nitrogens is 4. The Balaban J connectivity index is 1.59. The Bertz CT molecular complexity index is 1180. The van der Waals surface area contributed by atoms with Crippen molar-refractivity contribution in [2.24, 2.45) is 4.99 Å². The van der Waals surface area contributed by atoms with E-state index in [2.05, 4.69) is 70.8 Å². The van der Waals surface area contributed by atoms with Gasteiger partial charge >= 0.3 is 0 Å². The van der Waals surface area contributed by atoms with Crippen molar-refractivity contribution in [1.82, 2.24) is 19.2 Å². The molecule has 6 nitrogen and oxygen atoms in total. The zero-order valence-electron chi connectivity index (χ0n) is 15.3. The van der Waals surface area contributed by atoms with Crippen LogP contribution in [0.15, 0.2) is 53.9 Å². The predicted octanol–water partition coefficient (Wildman–Crippen LogP) is 4.20. The number of fused-ring (bicyclic) bond motifs is 2. The van der Waals surface area contributed by atoms with E-state index in [4.69, 9.17) is 0 Å². The van der Waals surface area contributed by atoms with E-state index < -0.39 is 0 Å². The lowest BCUT2D eigenvalue weighted by molar-refractivity contribution is 0.642. The largest absolute Gasteiger partial charge is 0.336 e. The minimum atomic E-state index is 0.759. The second-order valence-corrected chi connectivity index (χ2v) is 6.80. The van der Waals surface area contributed by atoms with Gasteiger partial charge in [-0.05, 0) is 42.7 Å². The van der Waals surface area contributed by atoms with Gasteiger partial charge in [0.2, 0.25) is 0 Å². The van der Waals surface area contributed by atoms with Gasteiger partial charge in [0.05, 0.1) is 12.2 Å². The number of aliphatic imine (C=N–C) groups is 1. The molecule has 134 valence electrons. The molecule has 27 heavy (non-hydrogen) atoms. The Morgan fingerprint density at radius 2 is 2.07 bits per heavy atom. The highest BCUT2D eigenvalue weighted by atomic mass is 15.3. The van der Waals surface area contributed by atoms with Crippen molar-refractivity contribution in [3.8, 4) is 11.1 Å². The van der Waals surface area contributed by atoms with Gasteiger partial charge in [0.25, 0.3) is 0 Å². The average Bonchev–Trinajstić information content (AvgIpc) is 3.39. The second-order valence-electron chi connectivity index (χ2n) is 6.80. The number of hydrogen-bond donors (Lipinski definition) is 1. The summed E-state index contributed by atoms with van der Waals surface area (Å²) < 4.78 is 4.03. The van der Waals surface area contributed by atoms with E-state index in [0.29, 0.717) is 0 Å². The maximum atomic E-state index is 4.62. The van der Waals surface area contributed by atoms with Crippen molar-refractivity contribution < 1.29 is 0 Å². The van der Waals surface area contributed by atoms with Crippen molar-refractivity contribution in [1.29, 1.82) is 0 Å². The summed E-state index contributed by atoms with van der Waals surface area (Å²) in [6.07, 6.45) is 7.84. The second kappa shape index (κ2) is 6.09. The number of rotatable bonds is 4. The van der Waals surface area contributed by atoms with Crippen molar-refractivity contribution in [3.05, 3.63) is 65.7 Å². The lowest BCUT2D eigenvalue weighted by atomic mass is 10.0. The van der Waals surface area contributed by atoms with Gasteiger partial charge in [-0.1, -0.05) is 12.1 Å². The zero-order chi connectivity index (χ0) is 18.4. The summed E-state index contributed by atoms with van der Waals surface area (Å²) in [6.45, 7) is 5.77. The first-order chi connectivity index (χ1) is 13.2.